The third-order valence-corrected chi connectivity index (χ3v) is 3.42. The molecule has 0 amide bonds. The van der Waals surface area contributed by atoms with Gasteiger partial charge in [-0.2, -0.15) is 0 Å². The van der Waals surface area contributed by atoms with E-state index in [4.69, 9.17) is 0 Å². The number of rotatable bonds is 5. The van der Waals surface area contributed by atoms with Crippen LogP contribution in [0.1, 0.15) is 32.8 Å². The summed E-state index contributed by atoms with van der Waals surface area (Å²) in [5.41, 5.74) is 2.12. The summed E-state index contributed by atoms with van der Waals surface area (Å²) >= 11 is 0. The summed E-state index contributed by atoms with van der Waals surface area (Å²) in [5, 5.41) is 3.33. The number of benzene rings is 1. The monoisotopic (exact) mass is 269 g/mol. The fraction of sp³-hybridized carbons (Fsp3) is 0.571. The van der Waals surface area contributed by atoms with E-state index in [-0.39, 0.29) is 5.75 Å². The molecule has 0 atom stereocenters. The Kier molecular flexibility index (Phi) is 4.79. The van der Waals surface area contributed by atoms with Crippen molar-refractivity contribution in [2.75, 3.05) is 18.1 Å². The molecule has 0 aliphatic carbocycles. The summed E-state index contributed by atoms with van der Waals surface area (Å²) in [5.74, 6) is 0.0990. The van der Waals surface area contributed by atoms with Crippen molar-refractivity contribution < 1.29 is 8.42 Å². The summed E-state index contributed by atoms with van der Waals surface area (Å²) in [7, 11) is -2.97. The van der Waals surface area contributed by atoms with Gasteiger partial charge in [0.15, 0.2) is 9.84 Å². The first-order valence-electron chi connectivity index (χ1n) is 6.16. The molecule has 0 unspecified atom stereocenters. The van der Waals surface area contributed by atoms with Crippen LogP contribution in [0.25, 0.3) is 0 Å². The summed E-state index contributed by atoms with van der Waals surface area (Å²) in [6.07, 6.45) is 2.33. The Morgan fingerprint density at radius 2 is 1.89 bits per heavy atom. The highest BCUT2D eigenvalue weighted by molar-refractivity contribution is 7.89. The molecule has 0 aliphatic heterocycles. The van der Waals surface area contributed by atoms with E-state index in [9.17, 15) is 8.42 Å². The molecule has 0 saturated heterocycles. The number of sulfone groups is 1. The molecule has 1 N–H and O–H groups in total. The van der Waals surface area contributed by atoms with Crippen molar-refractivity contribution in [3.8, 4) is 0 Å². The van der Waals surface area contributed by atoms with Crippen LogP contribution in [0.4, 0.5) is 5.69 Å². The van der Waals surface area contributed by atoms with Crippen molar-refractivity contribution in [2.45, 2.75) is 32.9 Å². The van der Waals surface area contributed by atoms with Gasteiger partial charge in [0.1, 0.15) is 0 Å². The zero-order valence-electron chi connectivity index (χ0n) is 11.7. The highest BCUT2D eigenvalue weighted by atomic mass is 32.2. The molecule has 1 aromatic carbocycles. The van der Waals surface area contributed by atoms with Gasteiger partial charge < -0.3 is 5.32 Å². The van der Waals surface area contributed by atoms with Crippen LogP contribution in [0.3, 0.4) is 0 Å². The maximum atomic E-state index is 11.2. The van der Waals surface area contributed by atoms with Crippen molar-refractivity contribution in [1.82, 2.24) is 0 Å². The number of hydrogen-bond acceptors (Lipinski definition) is 3. The molecule has 4 heteroatoms. The first-order valence-corrected chi connectivity index (χ1v) is 8.22. The first-order chi connectivity index (χ1) is 8.16. The Bertz CT molecular complexity index is 487. The van der Waals surface area contributed by atoms with Gasteiger partial charge in [-0.15, -0.1) is 0 Å². The first kappa shape index (κ1) is 15.0. The van der Waals surface area contributed by atoms with Crippen LogP contribution in [0, 0.1) is 5.41 Å². The lowest BCUT2D eigenvalue weighted by Crippen LogP contribution is -2.13. The fourth-order valence-electron chi connectivity index (χ4n) is 1.66. The lowest BCUT2D eigenvalue weighted by atomic mass is 9.92. The number of anilines is 1. The van der Waals surface area contributed by atoms with Gasteiger partial charge in [-0.05, 0) is 29.5 Å². The summed E-state index contributed by atoms with van der Waals surface area (Å²) in [6.45, 7) is 7.50. The predicted molar refractivity (Wildman–Crippen MR) is 77.6 cm³/mol. The molecule has 0 aromatic heterocycles. The van der Waals surface area contributed by atoms with Gasteiger partial charge in [-0.1, -0.05) is 32.9 Å². The smallest absolute Gasteiger partial charge is 0.151 e. The SMILES string of the molecule is CC(C)(C)CCNc1cccc(CS(C)(=O)=O)c1. The average Bonchev–Trinajstić information content (AvgIpc) is 2.13. The second kappa shape index (κ2) is 5.74. The summed E-state index contributed by atoms with van der Waals surface area (Å²) in [6, 6.07) is 7.61. The van der Waals surface area contributed by atoms with E-state index in [1.165, 1.54) is 6.26 Å². The Balaban J connectivity index is 2.60. The van der Waals surface area contributed by atoms with Crippen LogP contribution in [0.2, 0.25) is 0 Å². The highest BCUT2D eigenvalue weighted by Crippen LogP contribution is 2.19. The van der Waals surface area contributed by atoms with Gasteiger partial charge in [-0.3, -0.25) is 0 Å². The van der Waals surface area contributed by atoms with E-state index in [0.717, 1.165) is 24.2 Å². The largest absolute Gasteiger partial charge is 0.385 e. The highest BCUT2D eigenvalue weighted by Gasteiger charge is 2.09. The van der Waals surface area contributed by atoms with Gasteiger partial charge in [0.25, 0.3) is 0 Å². The molecule has 102 valence electrons. The lowest BCUT2D eigenvalue weighted by molar-refractivity contribution is 0.390. The third kappa shape index (κ3) is 6.64. The van der Waals surface area contributed by atoms with E-state index in [2.05, 4.69) is 26.1 Å². The normalized spacial score (nSPS) is 12.4. The molecule has 3 nitrogen and oxygen atoms in total. The van der Waals surface area contributed by atoms with Crippen molar-refractivity contribution >= 4 is 15.5 Å². The van der Waals surface area contributed by atoms with Crippen LogP contribution in [0.15, 0.2) is 24.3 Å². The molecule has 0 fully saturated rings. The molecular weight excluding hydrogens is 246 g/mol. The average molecular weight is 269 g/mol. The molecule has 0 spiro atoms. The summed E-state index contributed by atoms with van der Waals surface area (Å²) < 4.78 is 22.5. The van der Waals surface area contributed by atoms with Gasteiger partial charge in [0.2, 0.25) is 0 Å². The molecule has 0 saturated carbocycles. The van der Waals surface area contributed by atoms with Crippen LogP contribution in [-0.4, -0.2) is 21.2 Å². The Hall–Kier alpha value is -1.03. The standard InChI is InChI=1S/C14H23NO2S/c1-14(2,3)8-9-15-13-7-5-6-12(10-13)11-18(4,16)17/h5-7,10,15H,8-9,11H2,1-4H3. The van der Waals surface area contributed by atoms with Crippen molar-refractivity contribution in [3.05, 3.63) is 29.8 Å². The van der Waals surface area contributed by atoms with E-state index >= 15 is 0 Å². The Morgan fingerprint density at radius 1 is 1.22 bits per heavy atom. The van der Waals surface area contributed by atoms with Crippen molar-refractivity contribution in [3.63, 3.8) is 0 Å². The molecule has 0 bridgehead atoms. The van der Waals surface area contributed by atoms with Crippen molar-refractivity contribution in [1.29, 1.82) is 0 Å². The number of nitrogens with one attached hydrogen (secondary N) is 1. The molecule has 0 heterocycles. The van der Waals surface area contributed by atoms with Crippen LogP contribution in [0.5, 0.6) is 0 Å². The van der Waals surface area contributed by atoms with Gasteiger partial charge in [0, 0.05) is 18.5 Å². The second-order valence-corrected chi connectivity index (χ2v) is 8.15. The third-order valence-electron chi connectivity index (χ3n) is 2.56. The molecule has 1 aromatic rings. The lowest BCUT2D eigenvalue weighted by Gasteiger charge is -2.18. The maximum Gasteiger partial charge on any atom is 0.151 e. The quantitative estimate of drug-likeness (QED) is 0.893. The number of hydrogen-bond donors (Lipinski definition) is 1. The van der Waals surface area contributed by atoms with Gasteiger partial charge in [-0.25, -0.2) is 8.42 Å². The van der Waals surface area contributed by atoms with Crippen LogP contribution in [-0.2, 0) is 15.6 Å². The zero-order chi connectivity index (χ0) is 13.8. The molecular formula is C14H23NO2S. The van der Waals surface area contributed by atoms with Crippen molar-refractivity contribution in [2.24, 2.45) is 5.41 Å². The second-order valence-electron chi connectivity index (χ2n) is 6.01. The van der Waals surface area contributed by atoms with Gasteiger partial charge >= 0.3 is 0 Å². The van der Waals surface area contributed by atoms with E-state index < -0.39 is 9.84 Å². The minimum atomic E-state index is -2.97. The minimum Gasteiger partial charge on any atom is -0.385 e. The van der Waals surface area contributed by atoms with E-state index in [0.29, 0.717) is 5.41 Å². The molecule has 0 aliphatic rings. The molecule has 18 heavy (non-hydrogen) atoms. The van der Waals surface area contributed by atoms with Gasteiger partial charge in [0.05, 0.1) is 5.75 Å². The summed E-state index contributed by atoms with van der Waals surface area (Å²) in [4.78, 5) is 0. The minimum absolute atomic E-state index is 0.0990. The predicted octanol–water partition coefficient (Wildman–Crippen LogP) is 3.08. The maximum absolute atomic E-state index is 11.2. The zero-order valence-corrected chi connectivity index (χ0v) is 12.5. The topological polar surface area (TPSA) is 46.2 Å². The fourth-order valence-corrected chi connectivity index (χ4v) is 2.44. The Labute approximate surface area is 111 Å². The van der Waals surface area contributed by atoms with E-state index in [1.54, 1.807) is 0 Å². The molecule has 0 radical (unpaired) electrons. The van der Waals surface area contributed by atoms with E-state index in [1.807, 2.05) is 24.3 Å². The molecule has 1 rings (SSSR count). The van der Waals surface area contributed by atoms with Crippen LogP contribution >= 0.6 is 0 Å². The Morgan fingerprint density at radius 3 is 2.44 bits per heavy atom. The van der Waals surface area contributed by atoms with Crippen LogP contribution < -0.4 is 5.32 Å².